The molecule has 0 saturated heterocycles. The van der Waals surface area contributed by atoms with Gasteiger partial charge in [-0.05, 0) is 19.3 Å². The van der Waals surface area contributed by atoms with Crippen LogP contribution in [0.25, 0.3) is 11.2 Å². The minimum absolute atomic E-state index is 0.207. The van der Waals surface area contributed by atoms with E-state index in [0.717, 1.165) is 30.4 Å². The summed E-state index contributed by atoms with van der Waals surface area (Å²) in [6.45, 7) is 0. The first-order valence-electron chi connectivity index (χ1n) is 5.37. The summed E-state index contributed by atoms with van der Waals surface area (Å²) in [7, 11) is 0. The molecule has 2 aromatic rings. The van der Waals surface area contributed by atoms with E-state index in [9.17, 15) is 5.11 Å². The van der Waals surface area contributed by atoms with Gasteiger partial charge in [0.25, 0.3) is 0 Å². The largest absolute Gasteiger partial charge is 0.393 e. The van der Waals surface area contributed by atoms with E-state index in [1.54, 1.807) is 12.5 Å². The molecule has 0 unspecified atom stereocenters. The number of nitrogens with zero attached hydrogens (tertiary/aromatic N) is 4. The Morgan fingerprint density at radius 2 is 2.25 bits per heavy atom. The van der Waals surface area contributed by atoms with E-state index in [1.807, 2.05) is 4.57 Å². The van der Waals surface area contributed by atoms with Crippen molar-refractivity contribution >= 4 is 17.1 Å². The van der Waals surface area contributed by atoms with Crippen LogP contribution in [0.5, 0.6) is 0 Å². The van der Waals surface area contributed by atoms with Crippen molar-refractivity contribution < 1.29 is 5.11 Å². The molecule has 0 aliphatic heterocycles. The first kappa shape index (κ1) is 9.53. The molecule has 84 valence electrons. The van der Waals surface area contributed by atoms with Gasteiger partial charge in [0, 0.05) is 6.04 Å². The molecule has 2 aromatic heterocycles. The highest BCUT2D eigenvalue weighted by Gasteiger charge is 2.25. The Hall–Kier alpha value is -1.69. The average molecular weight is 219 g/mol. The molecule has 2 heterocycles. The van der Waals surface area contributed by atoms with Gasteiger partial charge in [0.15, 0.2) is 5.65 Å². The summed E-state index contributed by atoms with van der Waals surface area (Å²) in [5.74, 6) is 0.257. The summed E-state index contributed by atoms with van der Waals surface area (Å²) < 4.78 is 1.99. The number of nitrogens with two attached hydrogens (primary N) is 1. The fraction of sp³-hybridized carbons (Fsp3) is 0.500. The second-order valence-corrected chi connectivity index (χ2v) is 4.21. The topological polar surface area (TPSA) is 89.8 Å². The van der Waals surface area contributed by atoms with Crippen LogP contribution in [0.15, 0.2) is 12.5 Å². The Labute approximate surface area is 92.1 Å². The SMILES string of the molecule is Nc1ncc2ncn([C@H]3CC[C@@H](O)C3)c2n1. The van der Waals surface area contributed by atoms with Gasteiger partial charge < -0.3 is 15.4 Å². The van der Waals surface area contributed by atoms with Crippen molar-refractivity contribution in [2.45, 2.75) is 31.4 Å². The van der Waals surface area contributed by atoms with E-state index < -0.39 is 0 Å². The predicted octanol–water partition coefficient (Wildman–Crippen LogP) is 0.494. The number of nitrogen functional groups attached to an aromatic ring is 1. The zero-order chi connectivity index (χ0) is 11.1. The van der Waals surface area contributed by atoms with E-state index >= 15 is 0 Å². The van der Waals surface area contributed by atoms with Crippen LogP contribution < -0.4 is 5.73 Å². The molecule has 1 fully saturated rings. The summed E-state index contributed by atoms with van der Waals surface area (Å²) in [4.78, 5) is 12.3. The van der Waals surface area contributed by atoms with Gasteiger partial charge in [-0.2, -0.15) is 4.98 Å². The number of hydrogen-bond acceptors (Lipinski definition) is 5. The Morgan fingerprint density at radius 3 is 3.00 bits per heavy atom. The molecule has 0 aromatic carbocycles. The number of imidazole rings is 1. The molecule has 1 aliphatic carbocycles. The maximum atomic E-state index is 9.53. The van der Waals surface area contributed by atoms with Gasteiger partial charge in [-0.25, -0.2) is 9.97 Å². The molecule has 3 N–H and O–H groups in total. The van der Waals surface area contributed by atoms with Crippen LogP contribution in [0, 0.1) is 0 Å². The van der Waals surface area contributed by atoms with Crippen LogP contribution in [-0.4, -0.2) is 30.7 Å². The lowest BCUT2D eigenvalue weighted by Crippen LogP contribution is -2.07. The molecule has 1 saturated carbocycles. The summed E-state index contributed by atoms with van der Waals surface area (Å²) in [6, 6.07) is 0.272. The van der Waals surface area contributed by atoms with E-state index in [1.165, 1.54) is 0 Å². The van der Waals surface area contributed by atoms with Crippen molar-refractivity contribution in [1.29, 1.82) is 0 Å². The van der Waals surface area contributed by atoms with E-state index in [-0.39, 0.29) is 18.1 Å². The van der Waals surface area contributed by atoms with Crippen molar-refractivity contribution in [2.75, 3.05) is 5.73 Å². The number of hydrogen-bond donors (Lipinski definition) is 2. The summed E-state index contributed by atoms with van der Waals surface area (Å²) in [5, 5.41) is 9.53. The number of aliphatic hydroxyl groups excluding tert-OH is 1. The normalized spacial score (nSPS) is 25.3. The maximum Gasteiger partial charge on any atom is 0.222 e. The van der Waals surface area contributed by atoms with Crippen LogP contribution >= 0.6 is 0 Å². The number of aliphatic hydroxyl groups is 1. The molecule has 0 spiro atoms. The number of fused-ring (bicyclic) bond motifs is 1. The molecule has 0 radical (unpaired) electrons. The minimum atomic E-state index is -0.207. The molecule has 1 aliphatic rings. The first-order valence-corrected chi connectivity index (χ1v) is 5.37. The minimum Gasteiger partial charge on any atom is -0.393 e. The van der Waals surface area contributed by atoms with Crippen LogP contribution in [0.4, 0.5) is 5.95 Å². The molecular weight excluding hydrogens is 206 g/mol. The molecule has 2 atom stereocenters. The standard InChI is InChI=1S/C10H13N5O/c11-10-12-4-8-9(14-10)15(5-13-8)6-1-2-7(16)3-6/h4-7,16H,1-3H2,(H2,11,12,14)/t6-,7+/m0/s1. The van der Waals surface area contributed by atoms with E-state index in [0.29, 0.717) is 0 Å². The van der Waals surface area contributed by atoms with Gasteiger partial charge in [-0.3, -0.25) is 0 Å². The Bertz CT molecular complexity index is 523. The van der Waals surface area contributed by atoms with Crippen molar-refractivity contribution in [3.05, 3.63) is 12.5 Å². The number of aromatic nitrogens is 4. The zero-order valence-electron chi connectivity index (χ0n) is 8.74. The van der Waals surface area contributed by atoms with Crippen molar-refractivity contribution in [3.8, 4) is 0 Å². The zero-order valence-corrected chi connectivity index (χ0v) is 8.74. The lowest BCUT2D eigenvalue weighted by Gasteiger charge is -2.11. The lowest BCUT2D eigenvalue weighted by atomic mass is 10.2. The van der Waals surface area contributed by atoms with Gasteiger partial charge in [-0.15, -0.1) is 0 Å². The molecule has 6 heteroatoms. The summed E-state index contributed by atoms with van der Waals surface area (Å²) in [6.07, 6.45) is 5.72. The number of rotatable bonds is 1. The van der Waals surface area contributed by atoms with Crippen LogP contribution in [0.1, 0.15) is 25.3 Å². The molecule has 3 rings (SSSR count). The number of anilines is 1. The van der Waals surface area contributed by atoms with Crippen molar-refractivity contribution in [1.82, 2.24) is 19.5 Å². The first-order chi connectivity index (χ1) is 7.74. The van der Waals surface area contributed by atoms with E-state index in [2.05, 4.69) is 15.0 Å². The third-order valence-corrected chi connectivity index (χ3v) is 3.11. The highest BCUT2D eigenvalue weighted by atomic mass is 16.3. The van der Waals surface area contributed by atoms with Gasteiger partial charge in [-0.1, -0.05) is 0 Å². The van der Waals surface area contributed by atoms with Crippen LogP contribution in [0.3, 0.4) is 0 Å². The Morgan fingerprint density at radius 1 is 1.38 bits per heavy atom. The van der Waals surface area contributed by atoms with Gasteiger partial charge in [0.05, 0.1) is 18.6 Å². The molecular formula is C10H13N5O. The highest BCUT2D eigenvalue weighted by molar-refractivity contribution is 5.70. The van der Waals surface area contributed by atoms with Crippen LogP contribution in [0.2, 0.25) is 0 Å². The van der Waals surface area contributed by atoms with Gasteiger partial charge >= 0.3 is 0 Å². The third kappa shape index (κ3) is 1.42. The predicted molar refractivity (Wildman–Crippen MR) is 58.6 cm³/mol. The quantitative estimate of drug-likeness (QED) is 0.728. The summed E-state index contributed by atoms with van der Waals surface area (Å²) in [5.41, 5.74) is 7.07. The molecule has 16 heavy (non-hydrogen) atoms. The second kappa shape index (κ2) is 3.41. The average Bonchev–Trinajstić information content (AvgIpc) is 2.83. The van der Waals surface area contributed by atoms with Crippen LogP contribution in [-0.2, 0) is 0 Å². The second-order valence-electron chi connectivity index (χ2n) is 4.21. The molecule has 6 nitrogen and oxygen atoms in total. The highest BCUT2D eigenvalue weighted by Crippen LogP contribution is 2.31. The van der Waals surface area contributed by atoms with Gasteiger partial charge in [0.1, 0.15) is 5.52 Å². The van der Waals surface area contributed by atoms with E-state index in [4.69, 9.17) is 5.73 Å². The smallest absolute Gasteiger partial charge is 0.222 e. The van der Waals surface area contributed by atoms with Crippen molar-refractivity contribution in [2.24, 2.45) is 0 Å². The van der Waals surface area contributed by atoms with Gasteiger partial charge in [0.2, 0.25) is 5.95 Å². The molecule has 0 amide bonds. The maximum absolute atomic E-state index is 9.53. The van der Waals surface area contributed by atoms with Crippen molar-refractivity contribution in [3.63, 3.8) is 0 Å². The fourth-order valence-electron chi connectivity index (χ4n) is 2.29. The monoisotopic (exact) mass is 219 g/mol. The Kier molecular flexibility index (Phi) is 2.03. The third-order valence-electron chi connectivity index (χ3n) is 3.11. The summed E-state index contributed by atoms with van der Waals surface area (Å²) >= 11 is 0. The molecule has 0 bridgehead atoms. The Balaban J connectivity index is 2.06. The lowest BCUT2D eigenvalue weighted by molar-refractivity contribution is 0.178. The fourth-order valence-corrected chi connectivity index (χ4v) is 2.29.